The number of non-ortho nitro benzene ring substituents is 1. The van der Waals surface area contributed by atoms with E-state index in [0.29, 0.717) is 18.4 Å². The number of rotatable bonds is 6. The number of hydrazine groups is 1. The maximum Gasteiger partial charge on any atom is 0.273 e. The van der Waals surface area contributed by atoms with Crippen molar-refractivity contribution in [3.8, 4) is 0 Å². The van der Waals surface area contributed by atoms with Crippen LogP contribution in [0, 0.1) is 41.7 Å². The number of hydrogen-bond acceptors (Lipinski definition) is 6. The predicted molar refractivity (Wildman–Crippen MR) is 126 cm³/mol. The zero-order valence-electron chi connectivity index (χ0n) is 19.9. The van der Waals surface area contributed by atoms with Crippen molar-refractivity contribution < 1.29 is 24.1 Å². The largest absolute Gasteiger partial charge is 0.292 e. The Hall–Kier alpha value is -3.88. The van der Waals surface area contributed by atoms with Crippen LogP contribution in [0.2, 0.25) is 0 Å². The van der Waals surface area contributed by atoms with Gasteiger partial charge in [-0.2, -0.15) is 5.01 Å². The van der Waals surface area contributed by atoms with Crippen molar-refractivity contribution in [3.05, 3.63) is 74.8 Å². The lowest BCUT2D eigenvalue weighted by atomic mass is 9.76. The highest BCUT2D eigenvalue weighted by molar-refractivity contribution is 6.09. The van der Waals surface area contributed by atoms with Crippen molar-refractivity contribution in [1.29, 1.82) is 0 Å². The molecule has 1 aliphatic heterocycles. The van der Waals surface area contributed by atoms with Gasteiger partial charge in [0.2, 0.25) is 0 Å². The topological polar surface area (TPSA) is 118 Å². The van der Waals surface area contributed by atoms with Gasteiger partial charge in [0.1, 0.15) is 6.54 Å². The zero-order chi connectivity index (χ0) is 25.4. The van der Waals surface area contributed by atoms with Gasteiger partial charge >= 0.3 is 0 Å². The number of benzene rings is 2. The second-order valence-electron chi connectivity index (χ2n) is 9.51. The van der Waals surface area contributed by atoms with Gasteiger partial charge in [-0.15, -0.1) is 0 Å². The van der Waals surface area contributed by atoms with E-state index in [0.717, 1.165) is 27.6 Å². The molecule has 2 fully saturated rings. The number of nitro groups is 1. The van der Waals surface area contributed by atoms with Crippen molar-refractivity contribution in [2.24, 2.45) is 17.8 Å². The molecule has 0 unspecified atom stereocenters. The van der Waals surface area contributed by atoms with Gasteiger partial charge in [-0.1, -0.05) is 19.1 Å². The first-order chi connectivity index (χ1) is 16.6. The monoisotopic (exact) mass is 477 g/mol. The molecule has 9 heteroatoms. The summed E-state index contributed by atoms with van der Waals surface area (Å²) in [6.45, 7) is 5.30. The third-order valence-corrected chi connectivity index (χ3v) is 7.09. The van der Waals surface area contributed by atoms with E-state index in [1.54, 1.807) is 18.2 Å². The molecule has 2 aliphatic rings. The number of nitrogens with zero attached hydrogens (tertiary/aromatic N) is 3. The lowest BCUT2D eigenvalue weighted by molar-refractivity contribution is -0.384. The van der Waals surface area contributed by atoms with E-state index in [1.165, 1.54) is 24.3 Å². The van der Waals surface area contributed by atoms with Crippen LogP contribution in [0.3, 0.4) is 0 Å². The minimum Gasteiger partial charge on any atom is -0.292 e. The summed E-state index contributed by atoms with van der Waals surface area (Å²) >= 11 is 0. The van der Waals surface area contributed by atoms with Gasteiger partial charge in [0, 0.05) is 23.3 Å². The minimum atomic E-state index is -0.745. The summed E-state index contributed by atoms with van der Waals surface area (Å²) in [5, 5.41) is 12.8. The average Bonchev–Trinajstić information content (AvgIpc) is 3.07. The molecule has 0 spiro atoms. The molecule has 0 radical (unpaired) electrons. The van der Waals surface area contributed by atoms with Crippen LogP contribution in [0.25, 0.3) is 0 Å². The number of aryl methyl sites for hydroxylation is 2. The molecule has 1 aliphatic carbocycles. The van der Waals surface area contributed by atoms with E-state index in [4.69, 9.17) is 0 Å². The molecule has 0 bridgehead atoms. The highest BCUT2D eigenvalue weighted by Crippen LogP contribution is 2.41. The van der Waals surface area contributed by atoms with Crippen molar-refractivity contribution >= 4 is 29.2 Å². The van der Waals surface area contributed by atoms with E-state index in [1.807, 2.05) is 20.8 Å². The Balaban J connectivity index is 1.70. The summed E-state index contributed by atoms with van der Waals surface area (Å²) in [6.07, 6.45) is 1.92. The summed E-state index contributed by atoms with van der Waals surface area (Å²) in [5.74, 6) is -2.87. The summed E-state index contributed by atoms with van der Waals surface area (Å²) in [5.41, 5.74) is 2.10. The number of amides is 3. The van der Waals surface area contributed by atoms with Crippen LogP contribution in [0.4, 0.5) is 5.69 Å². The van der Waals surface area contributed by atoms with E-state index >= 15 is 0 Å². The Morgan fingerprint density at radius 2 is 1.60 bits per heavy atom. The normalized spacial score (nSPS) is 21.6. The zero-order valence-corrected chi connectivity index (χ0v) is 19.9. The summed E-state index contributed by atoms with van der Waals surface area (Å²) in [7, 11) is 0. The van der Waals surface area contributed by atoms with E-state index in [2.05, 4.69) is 0 Å². The first kappa shape index (κ1) is 24.3. The van der Waals surface area contributed by atoms with Gasteiger partial charge < -0.3 is 0 Å². The highest BCUT2D eigenvalue weighted by atomic mass is 16.6. The molecular formula is C26H27N3O6. The fourth-order valence-corrected chi connectivity index (χ4v) is 4.86. The van der Waals surface area contributed by atoms with E-state index in [-0.39, 0.29) is 17.2 Å². The Kier molecular flexibility index (Phi) is 6.51. The number of hydrogen-bond donors (Lipinski definition) is 0. The summed E-state index contributed by atoms with van der Waals surface area (Å²) < 4.78 is 0. The van der Waals surface area contributed by atoms with Crippen LogP contribution in [-0.4, -0.2) is 45.0 Å². The van der Waals surface area contributed by atoms with Crippen LogP contribution in [-0.2, 0) is 9.59 Å². The fourth-order valence-electron chi connectivity index (χ4n) is 4.86. The Morgan fingerprint density at radius 1 is 0.971 bits per heavy atom. The number of carbonyl (C=O) groups is 4. The molecule has 3 amide bonds. The van der Waals surface area contributed by atoms with E-state index < -0.39 is 46.8 Å². The maximum atomic E-state index is 13.5. The van der Waals surface area contributed by atoms with Gasteiger partial charge in [-0.3, -0.25) is 29.3 Å². The summed E-state index contributed by atoms with van der Waals surface area (Å²) in [6, 6.07) is 10.0. The molecule has 1 saturated carbocycles. The number of Topliss-reactive ketones (excluding diaryl/α,β-unsaturated/α-hetero) is 1. The molecule has 0 N–H and O–H groups in total. The predicted octanol–water partition coefficient (Wildman–Crippen LogP) is 3.87. The van der Waals surface area contributed by atoms with Gasteiger partial charge in [0.05, 0.1) is 16.8 Å². The lowest BCUT2D eigenvalue weighted by Gasteiger charge is -2.30. The Bertz CT molecular complexity index is 1220. The fraction of sp³-hybridized carbons (Fsp3) is 0.385. The molecule has 9 nitrogen and oxygen atoms in total. The number of nitro benzene ring substituents is 1. The molecular weight excluding hydrogens is 450 g/mol. The first-order valence-electron chi connectivity index (χ1n) is 11.6. The van der Waals surface area contributed by atoms with Crippen LogP contribution in [0.1, 0.15) is 58.0 Å². The van der Waals surface area contributed by atoms with Gasteiger partial charge in [0.15, 0.2) is 5.78 Å². The molecule has 35 heavy (non-hydrogen) atoms. The van der Waals surface area contributed by atoms with Crippen LogP contribution < -0.4 is 0 Å². The quantitative estimate of drug-likeness (QED) is 0.270. The lowest BCUT2D eigenvalue weighted by Crippen LogP contribution is -2.52. The van der Waals surface area contributed by atoms with Gasteiger partial charge in [-0.25, -0.2) is 5.01 Å². The van der Waals surface area contributed by atoms with Crippen LogP contribution >= 0.6 is 0 Å². The molecule has 2 aromatic carbocycles. The number of carbonyl (C=O) groups excluding carboxylic acids is 4. The van der Waals surface area contributed by atoms with Gasteiger partial charge in [0.25, 0.3) is 23.4 Å². The van der Waals surface area contributed by atoms with Crippen molar-refractivity contribution in [3.63, 3.8) is 0 Å². The van der Waals surface area contributed by atoms with Crippen molar-refractivity contribution in [2.75, 3.05) is 6.54 Å². The minimum absolute atomic E-state index is 0.0346. The number of imide groups is 1. The molecule has 1 heterocycles. The standard InChI is InChI=1S/C26H27N3O6/c1-15-4-11-21-22(12-15)26(33)28(25(21)32)27(14-23(30)19-6-5-16(2)17(3)13-19)24(31)18-7-9-20(10-8-18)29(34)35/h5-10,13,15,21-22H,4,11-12,14H2,1-3H3/t15-,21-,22-/m1/s1. The van der Waals surface area contributed by atoms with Crippen LogP contribution in [0.5, 0.6) is 0 Å². The van der Waals surface area contributed by atoms with Crippen molar-refractivity contribution in [2.45, 2.75) is 40.0 Å². The third kappa shape index (κ3) is 4.58. The molecule has 2 aromatic rings. The number of fused-ring (bicyclic) bond motifs is 1. The Morgan fingerprint density at radius 3 is 2.23 bits per heavy atom. The average molecular weight is 478 g/mol. The molecule has 1 saturated heterocycles. The number of ketones is 1. The van der Waals surface area contributed by atoms with E-state index in [9.17, 15) is 29.3 Å². The maximum absolute atomic E-state index is 13.5. The highest BCUT2D eigenvalue weighted by Gasteiger charge is 2.52. The summed E-state index contributed by atoms with van der Waals surface area (Å²) in [4.78, 5) is 63.8. The van der Waals surface area contributed by atoms with Crippen LogP contribution in [0.15, 0.2) is 42.5 Å². The SMILES string of the molecule is Cc1ccc(C(=O)CN(C(=O)c2ccc([N+](=O)[O-])cc2)N2C(=O)[C@@H]3CC[C@@H](C)C[C@H]3C2=O)cc1C. The molecule has 4 rings (SSSR count). The first-order valence-corrected chi connectivity index (χ1v) is 11.6. The second kappa shape index (κ2) is 9.40. The smallest absolute Gasteiger partial charge is 0.273 e. The molecule has 182 valence electrons. The third-order valence-electron chi connectivity index (χ3n) is 7.09. The Labute approximate surface area is 202 Å². The second-order valence-corrected chi connectivity index (χ2v) is 9.51. The molecule has 3 atom stereocenters. The molecule has 0 aromatic heterocycles. The van der Waals surface area contributed by atoms with Crippen molar-refractivity contribution in [1.82, 2.24) is 10.0 Å². The van der Waals surface area contributed by atoms with Gasteiger partial charge in [-0.05, 0) is 68.4 Å².